The van der Waals surface area contributed by atoms with E-state index in [9.17, 15) is 0 Å². The van der Waals surface area contributed by atoms with Gasteiger partial charge in [-0.1, -0.05) is 64.7 Å². The van der Waals surface area contributed by atoms with Gasteiger partial charge in [-0.05, 0) is 6.42 Å². The Bertz CT molecular complexity index is 187. The van der Waals surface area contributed by atoms with Gasteiger partial charge in [0.25, 0.3) is 0 Å². The van der Waals surface area contributed by atoms with E-state index >= 15 is 0 Å². The Morgan fingerprint density at radius 3 is 1.19 bits per heavy atom. The van der Waals surface area contributed by atoms with E-state index < -0.39 is 7.82 Å². The Kier molecular flexibility index (Phi) is 52.1. The molecule has 5 nitrogen and oxygen atoms in total. The van der Waals surface area contributed by atoms with Crippen LogP contribution in [-0.2, 0) is 4.57 Å². The minimum Gasteiger partial charge on any atom is -0.822 e. The molecule has 0 heterocycles. The molecule has 0 radical (unpaired) electrons. The van der Waals surface area contributed by atoms with Crippen LogP contribution in [0.1, 0.15) is 71.1 Å². The fourth-order valence-corrected chi connectivity index (χ4v) is 1.60. The minimum atomic E-state index is -5.39. The molecular weight excluding hydrogens is 372 g/mol. The summed E-state index contributed by atoms with van der Waals surface area (Å²) < 4.78 is 8.55. The molecule has 0 saturated carbocycles. The third-order valence-electron chi connectivity index (χ3n) is 2.51. The molecule has 1 N–H and O–H groups in total. The van der Waals surface area contributed by atoms with Gasteiger partial charge >= 0.3 is 154 Å². The third kappa shape index (κ3) is 58.8. The SMILES string of the molecule is CCCCCCCCCCCCO.O=P([O-])([O-])[O-].[K+].[K+].[K+]. The molecule has 9 heteroatoms. The molecule has 0 saturated heterocycles. The number of aliphatic hydroxyl groups is 1. The van der Waals surface area contributed by atoms with Crippen LogP contribution in [-0.4, -0.2) is 11.7 Å². The van der Waals surface area contributed by atoms with Crippen molar-refractivity contribution in [2.45, 2.75) is 71.1 Å². The molecule has 0 aromatic rings. The van der Waals surface area contributed by atoms with Crippen molar-refractivity contribution in [1.82, 2.24) is 0 Å². The summed E-state index contributed by atoms with van der Waals surface area (Å²) in [6.45, 7) is 2.63. The van der Waals surface area contributed by atoms with Crippen molar-refractivity contribution in [1.29, 1.82) is 0 Å². The maximum Gasteiger partial charge on any atom is 1.00 e. The van der Waals surface area contributed by atoms with Gasteiger partial charge in [-0.3, -0.25) is 0 Å². The van der Waals surface area contributed by atoms with E-state index in [-0.39, 0.29) is 154 Å². The molecular formula is C12H26K3O5P. The van der Waals surface area contributed by atoms with Crippen LogP contribution >= 0.6 is 7.82 Å². The fourth-order valence-electron chi connectivity index (χ4n) is 1.60. The Morgan fingerprint density at radius 2 is 0.952 bits per heavy atom. The van der Waals surface area contributed by atoms with E-state index in [1.807, 2.05) is 0 Å². The molecule has 0 aliphatic rings. The smallest absolute Gasteiger partial charge is 0.822 e. The van der Waals surface area contributed by atoms with Crippen molar-refractivity contribution < 1.29 is 179 Å². The van der Waals surface area contributed by atoms with Gasteiger partial charge in [0.1, 0.15) is 0 Å². The van der Waals surface area contributed by atoms with E-state index in [2.05, 4.69) is 6.92 Å². The van der Waals surface area contributed by atoms with Crippen molar-refractivity contribution in [2.24, 2.45) is 0 Å². The summed E-state index contributed by atoms with van der Waals surface area (Å²) >= 11 is 0. The second-order valence-electron chi connectivity index (χ2n) is 4.35. The van der Waals surface area contributed by atoms with E-state index in [1.165, 1.54) is 57.8 Å². The molecule has 0 atom stereocenters. The molecule has 0 unspecified atom stereocenters. The second kappa shape index (κ2) is 29.7. The Hall–Kier alpha value is 4.98. The van der Waals surface area contributed by atoms with Crippen LogP contribution < -0.4 is 169 Å². The first-order chi connectivity index (χ1) is 8.41. The maximum absolute atomic E-state index is 8.57. The summed E-state index contributed by atoms with van der Waals surface area (Å²) in [6.07, 6.45) is 13.3. The van der Waals surface area contributed by atoms with E-state index in [1.54, 1.807) is 0 Å². The van der Waals surface area contributed by atoms with Crippen molar-refractivity contribution in [3.05, 3.63) is 0 Å². The van der Waals surface area contributed by atoms with Crippen LogP contribution in [0, 0.1) is 0 Å². The van der Waals surface area contributed by atoms with E-state index in [4.69, 9.17) is 24.4 Å². The van der Waals surface area contributed by atoms with Crippen molar-refractivity contribution in [3.8, 4) is 0 Å². The zero-order valence-electron chi connectivity index (χ0n) is 14.3. The minimum absolute atomic E-state index is 0. The van der Waals surface area contributed by atoms with Gasteiger partial charge in [0.15, 0.2) is 0 Å². The number of unbranched alkanes of at least 4 members (excludes halogenated alkanes) is 9. The molecule has 21 heavy (non-hydrogen) atoms. The first-order valence-corrected chi connectivity index (χ1v) is 8.21. The molecule has 0 amide bonds. The van der Waals surface area contributed by atoms with Gasteiger partial charge in [-0.15, -0.1) is 0 Å². The number of hydrogen-bond donors (Lipinski definition) is 1. The van der Waals surface area contributed by atoms with Gasteiger partial charge < -0.3 is 24.4 Å². The molecule has 0 bridgehead atoms. The maximum atomic E-state index is 8.57. The summed E-state index contributed by atoms with van der Waals surface area (Å²) in [5.74, 6) is 0. The molecule has 112 valence electrons. The largest absolute Gasteiger partial charge is 1.00 e. The standard InChI is InChI=1S/C12H26O.3K.H3O4P/c1-2-3-4-5-6-7-8-9-10-11-12-13;;;;1-5(2,3)4/h13H,2-12H2,1H3;;;;(H3,1,2,3,4)/q;3*+1;/p-3. The fraction of sp³-hybridized carbons (Fsp3) is 1.00. The van der Waals surface area contributed by atoms with Gasteiger partial charge in [0.05, 0.1) is 0 Å². The first-order valence-electron chi connectivity index (χ1n) is 6.75. The molecule has 0 aliphatic carbocycles. The summed E-state index contributed by atoms with van der Waals surface area (Å²) in [4.78, 5) is 25.6. The second-order valence-corrected chi connectivity index (χ2v) is 5.25. The summed E-state index contributed by atoms with van der Waals surface area (Å²) in [7, 11) is -5.39. The summed E-state index contributed by atoms with van der Waals surface area (Å²) in [5.41, 5.74) is 0. The quantitative estimate of drug-likeness (QED) is 0.223. The Labute approximate surface area is 257 Å². The molecule has 0 rings (SSSR count). The summed E-state index contributed by atoms with van der Waals surface area (Å²) in [6, 6.07) is 0. The van der Waals surface area contributed by atoms with Crippen molar-refractivity contribution >= 4 is 7.82 Å². The van der Waals surface area contributed by atoms with Gasteiger partial charge in [0.2, 0.25) is 0 Å². The average molecular weight is 399 g/mol. The topological polar surface area (TPSA) is 106 Å². The molecule has 0 aromatic carbocycles. The first kappa shape index (κ1) is 36.8. The Morgan fingerprint density at radius 1 is 0.714 bits per heavy atom. The van der Waals surface area contributed by atoms with Crippen LogP contribution in [0.15, 0.2) is 0 Å². The van der Waals surface area contributed by atoms with Crippen LogP contribution in [0.3, 0.4) is 0 Å². The number of phosphoric acid groups is 1. The van der Waals surface area contributed by atoms with E-state index in [0.29, 0.717) is 6.61 Å². The van der Waals surface area contributed by atoms with Crippen LogP contribution in [0.25, 0.3) is 0 Å². The zero-order chi connectivity index (χ0) is 14.3. The van der Waals surface area contributed by atoms with Crippen LogP contribution in [0.2, 0.25) is 0 Å². The van der Waals surface area contributed by atoms with Crippen molar-refractivity contribution in [3.63, 3.8) is 0 Å². The Balaban J connectivity index is -0.0000000933. The zero-order valence-corrected chi connectivity index (χ0v) is 24.6. The predicted octanol–water partition coefficient (Wildman–Crippen LogP) is -7.91. The molecule has 0 fully saturated rings. The van der Waals surface area contributed by atoms with Gasteiger partial charge in [0, 0.05) is 6.61 Å². The van der Waals surface area contributed by atoms with Crippen molar-refractivity contribution in [2.75, 3.05) is 6.61 Å². The molecule has 0 aliphatic heterocycles. The van der Waals surface area contributed by atoms with Crippen LogP contribution in [0.5, 0.6) is 0 Å². The van der Waals surface area contributed by atoms with Gasteiger partial charge in [-0.25, -0.2) is 0 Å². The normalized spacial score (nSPS) is 9.38. The van der Waals surface area contributed by atoms with Gasteiger partial charge in [-0.2, -0.15) is 7.82 Å². The third-order valence-corrected chi connectivity index (χ3v) is 2.51. The van der Waals surface area contributed by atoms with E-state index in [0.717, 1.165) is 6.42 Å². The summed E-state index contributed by atoms with van der Waals surface area (Å²) in [5, 5.41) is 8.57. The molecule has 0 aromatic heterocycles. The number of rotatable bonds is 10. The number of hydrogen-bond acceptors (Lipinski definition) is 5. The van der Waals surface area contributed by atoms with Crippen LogP contribution in [0.4, 0.5) is 0 Å². The number of aliphatic hydroxyl groups excluding tert-OH is 1. The monoisotopic (exact) mass is 398 g/mol. The average Bonchev–Trinajstić information content (AvgIpc) is 2.25. The predicted molar refractivity (Wildman–Crippen MR) is 66.5 cm³/mol. The molecule has 0 spiro atoms.